The van der Waals surface area contributed by atoms with E-state index in [0.29, 0.717) is 16.7 Å². The Morgan fingerprint density at radius 1 is 1.17 bits per heavy atom. The molecule has 0 aliphatic carbocycles. The molecule has 0 amide bonds. The Hall–Kier alpha value is -1.26. The van der Waals surface area contributed by atoms with Gasteiger partial charge in [-0.05, 0) is 55.4 Å². The fourth-order valence-corrected chi connectivity index (χ4v) is 3.42. The van der Waals surface area contributed by atoms with E-state index in [2.05, 4.69) is 22.3 Å². The van der Waals surface area contributed by atoms with Crippen molar-refractivity contribution in [2.24, 2.45) is 0 Å². The van der Waals surface area contributed by atoms with Gasteiger partial charge < -0.3 is 15.0 Å². The van der Waals surface area contributed by atoms with Crippen LogP contribution in [0.2, 0.25) is 10.0 Å². The Labute approximate surface area is 153 Å². The quantitative estimate of drug-likeness (QED) is 0.861. The molecule has 1 aliphatic rings. The fourth-order valence-electron chi connectivity index (χ4n) is 3.00. The molecule has 0 saturated heterocycles. The van der Waals surface area contributed by atoms with Gasteiger partial charge in [-0.1, -0.05) is 41.4 Å². The minimum atomic E-state index is 0.0655. The lowest BCUT2D eigenvalue weighted by Gasteiger charge is -2.28. The van der Waals surface area contributed by atoms with Crippen LogP contribution >= 0.6 is 23.2 Å². The highest BCUT2D eigenvalue weighted by atomic mass is 35.5. The van der Waals surface area contributed by atoms with Gasteiger partial charge in [0.2, 0.25) is 0 Å². The van der Waals surface area contributed by atoms with Gasteiger partial charge in [-0.25, -0.2) is 0 Å². The molecule has 1 unspecified atom stereocenters. The molecule has 1 heterocycles. The van der Waals surface area contributed by atoms with E-state index in [0.717, 1.165) is 30.8 Å². The van der Waals surface area contributed by atoms with Crippen molar-refractivity contribution >= 4 is 23.2 Å². The second kappa shape index (κ2) is 7.75. The standard InChI is InChI=1S/C19H22Cl2N2O/c1-23(2)10-11-24-14-6-7-15-13(12-14)8-9-22-19(15)16-4-3-5-17(20)18(16)21/h3-7,12,19,22H,8-11H2,1-2H3. The van der Waals surface area contributed by atoms with Crippen LogP contribution < -0.4 is 10.1 Å². The summed E-state index contributed by atoms with van der Waals surface area (Å²) < 4.78 is 5.86. The highest BCUT2D eigenvalue weighted by molar-refractivity contribution is 6.42. The topological polar surface area (TPSA) is 24.5 Å². The van der Waals surface area contributed by atoms with Crippen molar-refractivity contribution in [3.05, 3.63) is 63.1 Å². The summed E-state index contributed by atoms with van der Waals surface area (Å²) in [5.41, 5.74) is 3.56. The largest absolute Gasteiger partial charge is 0.492 e. The third-order valence-electron chi connectivity index (χ3n) is 4.27. The van der Waals surface area contributed by atoms with Crippen LogP contribution in [0.5, 0.6) is 5.75 Å². The highest BCUT2D eigenvalue weighted by Crippen LogP contribution is 2.36. The Kier molecular flexibility index (Phi) is 5.67. The summed E-state index contributed by atoms with van der Waals surface area (Å²) in [6, 6.07) is 12.2. The SMILES string of the molecule is CN(C)CCOc1ccc2c(c1)CCNC2c1cccc(Cl)c1Cl. The number of rotatable bonds is 5. The van der Waals surface area contributed by atoms with Crippen LogP contribution in [0.1, 0.15) is 22.7 Å². The number of halogens is 2. The number of fused-ring (bicyclic) bond motifs is 1. The van der Waals surface area contributed by atoms with Gasteiger partial charge in [-0.3, -0.25) is 0 Å². The van der Waals surface area contributed by atoms with Gasteiger partial charge in [0.05, 0.1) is 16.1 Å². The zero-order valence-electron chi connectivity index (χ0n) is 14.0. The molecule has 1 N–H and O–H groups in total. The van der Waals surface area contributed by atoms with Crippen LogP contribution in [0.25, 0.3) is 0 Å². The minimum absolute atomic E-state index is 0.0655. The predicted molar refractivity (Wildman–Crippen MR) is 101 cm³/mol. The third kappa shape index (κ3) is 3.86. The molecule has 0 spiro atoms. The molecule has 3 nitrogen and oxygen atoms in total. The highest BCUT2D eigenvalue weighted by Gasteiger charge is 2.24. The van der Waals surface area contributed by atoms with Gasteiger partial charge in [-0.15, -0.1) is 0 Å². The molecule has 3 rings (SSSR count). The van der Waals surface area contributed by atoms with Crippen LogP contribution in [-0.2, 0) is 6.42 Å². The number of ether oxygens (including phenoxy) is 1. The summed E-state index contributed by atoms with van der Waals surface area (Å²) in [5.74, 6) is 0.924. The maximum Gasteiger partial charge on any atom is 0.119 e. The molecule has 0 fully saturated rings. The molecule has 24 heavy (non-hydrogen) atoms. The first-order valence-corrected chi connectivity index (χ1v) is 8.89. The summed E-state index contributed by atoms with van der Waals surface area (Å²) in [6.07, 6.45) is 0.981. The lowest BCUT2D eigenvalue weighted by atomic mass is 9.89. The zero-order chi connectivity index (χ0) is 17.1. The Bertz CT molecular complexity index is 719. The molecule has 0 aromatic heterocycles. The van der Waals surface area contributed by atoms with E-state index >= 15 is 0 Å². The summed E-state index contributed by atoms with van der Waals surface area (Å²) >= 11 is 12.6. The van der Waals surface area contributed by atoms with E-state index in [-0.39, 0.29) is 6.04 Å². The maximum absolute atomic E-state index is 6.42. The van der Waals surface area contributed by atoms with Gasteiger partial charge in [-0.2, -0.15) is 0 Å². The molecular weight excluding hydrogens is 343 g/mol. The molecule has 0 saturated carbocycles. The van der Waals surface area contributed by atoms with Crippen molar-refractivity contribution in [1.29, 1.82) is 0 Å². The molecule has 0 bridgehead atoms. The molecule has 1 aliphatic heterocycles. The number of nitrogens with one attached hydrogen (secondary N) is 1. The van der Waals surface area contributed by atoms with Crippen molar-refractivity contribution < 1.29 is 4.74 Å². The molecule has 0 radical (unpaired) electrons. The van der Waals surface area contributed by atoms with Crippen LogP contribution in [0, 0.1) is 0 Å². The van der Waals surface area contributed by atoms with Gasteiger partial charge in [0.15, 0.2) is 0 Å². The molecule has 128 valence electrons. The van der Waals surface area contributed by atoms with Gasteiger partial charge in [0.1, 0.15) is 12.4 Å². The Balaban J connectivity index is 1.84. The van der Waals surface area contributed by atoms with E-state index in [1.165, 1.54) is 11.1 Å². The van der Waals surface area contributed by atoms with Crippen LogP contribution in [-0.4, -0.2) is 38.7 Å². The lowest BCUT2D eigenvalue weighted by molar-refractivity contribution is 0.261. The third-order valence-corrected chi connectivity index (χ3v) is 5.10. The van der Waals surface area contributed by atoms with Crippen LogP contribution in [0.4, 0.5) is 0 Å². The summed E-state index contributed by atoms with van der Waals surface area (Å²) in [5, 5.41) is 4.76. The smallest absolute Gasteiger partial charge is 0.119 e. The van der Waals surface area contributed by atoms with Crippen molar-refractivity contribution in [3.63, 3.8) is 0 Å². The normalized spacial score (nSPS) is 17.0. The lowest BCUT2D eigenvalue weighted by Crippen LogP contribution is -2.30. The average molecular weight is 365 g/mol. The van der Waals surface area contributed by atoms with Crippen LogP contribution in [0.15, 0.2) is 36.4 Å². The first-order valence-electron chi connectivity index (χ1n) is 8.14. The summed E-state index contributed by atoms with van der Waals surface area (Å²) in [4.78, 5) is 2.11. The second-order valence-corrected chi connectivity index (χ2v) is 7.08. The van der Waals surface area contributed by atoms with Crippen molar-refractivity contribution in [2.75, 3.05) is 33.8 Å². The monoisotopic (exact) mass is 364 g/mol. The average Bonchev–Trinajstić information content (AvgIpc) is 2.56. The number of benzene rings is 2. The van der Waals surface area contributed by atoms with Gasteiger partial charge in [0, 0.05) is 13.1 Å². The van der Waals surface area contributed by atoms with Crippen molar-refractivity contribution in [3.8, 4) is 5.75 Å². The van der Waals surface area contributed by atoms with E-state index in [4.69, 9.17) is 27.9 Å². The van der Waals surface area contributed by atoms with Gasteiger partial charge >= 0.3 is 0 Å². The molecular formula is C19H22Cl2N2O. The predicted octanol–water partition coefficient (Wildman–Crippen LogP) is 4.17. The molecule has 1 atom stereocenters. The van der Waals surface area contributed by atoms with Crippen molar-refractivity contribution in [1.82, 2.24) is 10.2 Å². The number of hydrogen-bond acceptors (Lipinski definition) is 3. The van der Waals surface area contributed by atoms with E-state index < -0.39 is 0 Å². The van der Waals surface area contributed by atoms with Crippen molar-refractivity contribution in [2.45, 2.75) is 12.5 Å². The molecule has 2 aromatic carbocycles. The molecule has 2 aromatic rings. The first-order chi connectivity index (χ1) is 11.6. The Morgan fingerprint density at radius 3 is 2.79 bits per heavy atom. The molecule has 5 heteroatoms. The summed E-state index contributed by atoms with van der Waals surface area (Å²) in [7, 11) is 4.09. The van der Waals surface area contributed by atoms with E-state index in [9.17, 15) is 0 Å². The second-order valence-electron chi connectivity index (χ2n) is 6.29. The maximum atomic E-state index is 6.42. The van der Waals surface area contributed by atoms with Crippen LogP contribution in [0.3, 0.4) is 0 Å². The number of hydrogen-bond donors (Lipinski definition) is 1. The number of nitrogens with zero attached hydrogens (tertiary/aromatic N) is 1. The minimum Gasteiger partial charge on any atom is -0.492 e. The van der Waals surface area contributed by atoms with Gasteiger partial charge in [0.25, 0.3) is 0 Å². The first kappa shape index (κ1) is 17.6. The van der Waals surface area contributed by atoms with E-state index in [1.807, 2.05) is 38.4 Å². The Morgan fingerprint density at radius 2 is 2.00 bits per heavy atom. The summed E-state index contributed by atoms with van der Waals surface area (Å²) in [6.45, 7) is 2.49. The zero-order valence-corrected chi connectivity index (χ0v) is 15.5. The van der Waals surface area contributed by atoms with E-state index in [1.54, 1.807) is 0 Å². The number of likely N-dealkylation sites (N-methyl/N-ethyl adjacent to an activating group) is 1. The fraction of sp³-hybridized carbons (Fsp3) is 0.368.